The molecule has 1 aliphatic rings. The summed E-state index contributed by atoms with van der Waals surface area (Å²) in [4.78, 5) is 26.1. The highest BCUT2D eigenvalue weighted by molar-refractivity contribution is 6.05. The molecule has 23 heavy (non-hydrogen) atoms. The topological polar surface area (TPSA) is 49.4 Å². The van der Waals surface area contributed by atoms with Crippen molar-refractivity contribution < 1.29 is 9.59 Å². The van der Waals surface area contributed by atoms with Crippen LogP contribution in [0.15, 0.2) is 48.5 Å². The van der Waals surface area contributed by atoms with Gasteiger partial charge in [-0.2, -0.15) is 0 Å². The molecule has 3 rings (SSSR count). The summed E-state index contributed by atoms with van der Waals surface area (Å²) in [5.74, 6) is 0.0172. The summed E-state index contributed by atoms with van der Waals surface area (Å²) in [5.41, 5.74) is 3.03. The molecule has 0 fully saturated rings. The fourth-order valence-electron chi connectivity index (χ4n) is 2.82. The Balaban J connectivity index is 1.81. The molecule has 0 atom stereocenters. The number of hydrogen-bond donors (Lipinski definition) is 1. The van der Waals surface area contributed by atoms with Crippen molar-refractivity contribution in [3.8, 4) is 0 Å². The number of fused-ring (bicyclic) bond motifs is 1. The van der Waals surface area contributed by atoms with Crippen LogP contribution < -0.4 is 10.2 Å². The Kier molecular flexibility index (Phi) is 3.68. The van der Waals surface area contributed by atoms with Gasteiger partial charge in [-0.05, 0) is 43.2 Å². The number of carbonyl (C=O) groups is 2. The summed E-state index contributed by atoms with van der Waals surface area (Å²) >= 11 is 0. The molecule has 2 aromatic carbocycles. The highest BCUT2D eigenvalue weighted by Crippen LogP contribution is 2.37. The maximum atomic E-state index is 12.5. The van der Waals surface area contributed by atoms with Crippen molar-refractivity contribution in [2.24, 2.45) is 0 Å². The third-order valence-electron chi connectivity index (χ3n) is 4.45. The second-order valence-corrected chi connectivity index (χ2v) is 6.42. The molecule has 1 aliphatic heterocycles. The Morgan fingerprint density at radius 1 is 1.13 bits per heavy atom. The first-order valence-electron chi connectivity index (χ1n) is 7.66. The second-order valence-electron chi connectivity index (χ2n) is 6.42. The third kappa shape index (κ3) is 2.72. The van der Waals surface area contributed by atoms with E-state index in [1.807, 2.05) is 62.4 Å². The van der Waals surface area contributed by atoms with E-state index in [1.165, 1.54) is 0 Å². The number of nitrogens with zero attached hydrogens (tertiary/aromatic N) is 1. The summed E-state index contributed by atoms with van der Waals surface area (Å²) in [6.45, 7) is 3.80. The summed E-state index contributed by atoms with van der Waals surface area (Å²) in [6.07, 6.45) is 0.308. The van der Waals surface area contributed by atoms with E-state index in [0.29, 0.717) is 6.42 Å². The molecule has 0 aliphatic carbocycles. The van der Waals surface area contributed by atoms with Gasteiger partial charge in [0, 0.05) is 18.4 Å². The number of amides is 2. The Bertz CT molecular complexity index is 766. The molecule has 0 unspecified atom stereocenters. The predicted octanol–water partition coefficient (Wildman–Crippen LogP) is 3.12. The molecule has 0 bridgehead atoms. The number of para-hydroxylation sites is 1. The van der Waals surface area contributed by atoms with Crippen LogP contribution >= 0.6 is 0 Å². The van der Waals surface area contributed by atoms with E-state index in [4.69, 9.17) is 0 Å². The van der Waals surface area contributed by atoms with Crippen LogP contribution in [-0.4, -0.2) is 18.9 Å². The van der Waals surface area contributed by atoms with Crippen molar-refractivity contribution in [2.45, 2.75) is 25.7 Å². The van der Waals surface area contributed by atoms with Crippen LogP contribution in [0.25, 0.3) is 0 Å². The summed E-state index contributed by atoms with van der Waals surface area (Å²) in [6, 6.07) is 15.3. The summed E-state index contributed by atoms with van der Waals surface area (Å²) in [5, 5.41) is 2.88. The number of carbonyl (C=O) groups excluding carboxylic acids is 2. The first-order valence-corrected chi connectivity index (χ1v) is 7.66. The van der Waals surface area contributed by atoms with E-state index >= 15 is 0 Å². The molecule has 118 valence electrons. The molecule has 2 amide bonds. The van der Waals surface area contributed by atoms with E-state index in [2.05, 4.69) is 5.32 Å². The molecule has 0 saturated carbocycles. The van der Waals surface area contributed by atoms with Gasteiger partial charge in [0.15, 0.2) is 0 Å². The SMILES string of the molecule is CN(C(=O)Cc1ccc2c(c1)C(C)(C)C(=O)N2)c1ccccc1. The van der Waals surface area contributed by atoms with E-state index in [0.717, 1.165) is 22.5 Å². The molecule has 0 spiro atoms. The average Bonchev–Trinajstić information content (AvgIpc) is 2.77. The van der Waals surface area contributed by atoms with Crippen molar-refractivity contribution in [3.63, 3.8) is 0 Å². The van der Waals surface area contributed by atoms with Gasteiger partial charge in [-0.3, -0.25) is 9.59 Å². The minimum absolute atomic E-state index is 0.00243. The molecule has 0 radical (unpaired) electrons. The van der Waals surface area contributed by atoms with Crippen molar-refractivity contribution in [1.29, 1.82) is 0 Å². The predicted molar refractivity (Wildman–Crippen MR) is 91.7 cm³/mol. The lowest BCUT2D eigenvalue weighted by Gasteiger charge is -2.18. The zero-order valence-corrected chi connectivity index (χ0v) is 13.6. The summed E-state index contributed by atoms with van der Waals surface area (Å²) < 4.78 is 0. The van der Waals surface area contributed by atoms with Crippen LogP contribution in [0.1, 0.15) is 25.0 Å². The smallest absolute Gasteiger partial charge is 0.234 e. The lowest BCUT2D eigenvalue weighted by Crippen LogP contribution is -2.28. The standard InChI is InChI=1S/C19H20N2O2/c1-19(2)15-11-13(9-10-16(15)20-18(19)23)12-17(22)21(3)14-7-5-4-6-8-14/h4-11H,12H2,1-3H3,(H,20,23). The zero-order chi connectivity index (χ0) is 16.6. The number of anilines is 2. The van der Waals surface area contributed by atoms with Crippen LogP contribution in [0.4, 0.5) is 11.4 Å². The van der Waals surface area contributed by atoms with Gasteiger partial charge in [-0.15, -0.1) is 0 Å². The van der Waals surface area contributed by atoms with Crippen molar-refractivity contribution >= 4 is 23.2 Å². The summed E-state index contributed by atoms with van der Waals surface area (Å²) in [7, 11) is 1.78. The van der Waals surface area contributed by atoms with Gasteiger partial charge < -0.3 is 10.2 Å². The fourth-order valence-corrected chi connectivity index (χ4v) is 2.82. The van der Waals surface area contributed by atoms with Gasteiger partial charge in [0.1, 0.15) is 0 Å². The van der Waals surface area contributed by atoms with Crippen molar-refractivity contribution in [3.05, 3.63) is 59.7 Å². The Hall–Kier alpha value is -2.62. The number of rotatable bonds is 3. The van der Waals surface area contributed by atoms with E-state index in [9.17, 15) is 9.59 Å². The number of likely N-dealkylation sites (N-methyl/N-ethyl adjacent to an activating group) is 1. The number of hydrogen-bond acceptors (Lipinski definition) is 2. The van der Waals surface area contributed by atoms with Crippen LogP contribution in [-0.2, 0) is 21.4 Å². The molecule has 1 N–H and O–H groups in total. The highest BCUT2D eigenvalue weighted by Gasteiger charge is 2.38. The Labute approximate surface area is 136 Å². The molecule has 0 aromatic heterocycles. The van der Waals surface area contributed by atoms with E-state index in [1.54, 1.807) is 11.9 Å². The van der Waals surface area contributed by atoms with E-state index < -0.39 is 5.41 Å². The minimum Gasteiger partial charge on any atom is -0.325 e. The van der Waals surface area contributed by atoms with Gasteiger partial charge in [0.05, 0.1) is 11.8 Å². The van der Waals surface area contributed by atoms with E-state index in [-0.39, 0.29) is 11.8 Å². The largest absolute Gasteiger partial charge is 0.325 e. The quantitative estimate of drug-likeness (QED) is 0.947. The highest BCUT2D eigenvalue weighted by atomic mass is 16.2. The van der Waals surface area contributed by atoms with Crippen molar-refractivity contribution in [1.82, 2.24) is 0 Å². The van der Waals surface area contributed by atoms with Crippen LogP contribution in [0.5, 0.6) is 0 Å². The monoisotopic (exact) mass is 308 g/mol. The lowest BCUT2D eigenvalue weighted by molar-refractivity contribution is -0.119. The number of nitrogens with one attached hydrogen (secondary N) is 1. The molecular formula is C19H20N2O2. The maximum Gasteiger partial charge on any atom is 0.234 e. The fraction of sp³-hybridized carbons (Fsp3) is 0.263. The minimum atomic E-state index is -0.556. The Morgan fingerprint density at radius 2 is 1.83 bits per heavy atom. The van der Waals surface area contributed by atoms with Gasteiger partial charge in [-0.25, -0.2) is 0 Å². The molecule has 1 heterocycles. The lowest BCUT2D eigenvalue weighted by atomic mass is 9.85. The molecule has 4 nitrogen and oxygen atoms in total. The maximum absolute atomic E-state index is 12.5. The first kappa shape index (κ1) is 15.3. The second kappa shape index (κ2) is 5.54. The molecule has 0 saturated heterocycles. The van der Waals surface area contributed by atoms with Gasteiger partial charge in [-0.1, -0.05) is 30.3 Å². The molecule has 2 aromatic rings. The number of benzene rings is 2. The van der Waals surface area contributed by atoms with Crippen LogP contribution in [0.3, 0.4) is 0 Å². The molecular weight excluding hydrogens is 288 g/mol. The van der Waals surface area contributed by atoms with Gasteiger partial charge in [0.2, 0.25) is 11.8 Å². The van der Waals surface area contributed by atoms with Gasteiger partial charge in [0.25, 0.3) is 0 Å². The van der Waals surface area contributed by atoms with Crippen LogP contribution in [0.2, 0.25) is 0 Å². The normalized spacial score (nSPS) is 15.0. The first-order chi connectivity index (χ1) is 10.9. The van der Waals surface area contributed by atoms with Crippen LogP contribution in [0, 0.1) is 0 Å². The molecule has 4 heteroatoms. The average molecular weight is 308 g/mol. The Morgan fingerprint density at radius 3 is 2.52 bits per heavy atom. The zero-order valence-electron chi connectivity index (χ0n) is 13.6. The van der Waals surface area contributed by atoms with Gasteiger partial charge >= 0.3 is 0 Å². The third-order valence-corrected chi connectivity index (χ3v) is 4.45. The van der Waals surface area contributed by atoms with Crippen molar-refractivity contribution in [2.75, 3.05) is 17.3 Å².